The van der Waals surface area contributed by atoms with Gasteiger partial charge in [-0.3, -0.25) is 0 Å². The largest absolute Gasteiger partial charge is 0.324 e. The molecular formula is C14H14ClFN2. The number of nitrogens with zero attached hydrogens (tertiary/aromatic N) is 2. The molecule has 1 unspecified atom stereocenters. The molecule has 2 nitrogen and oxygen atoms in total. The van der Waals surface area contributed by atoms with Crippen molar-refractivity contribution >= 4 is 11.6 Å². The van der Waals surface area contributed by atoms with E-state index in [0.29, 0.717) is 22.6 Å². The van der Waals surface area contributed by atoms with Crippen molar-refractivity contribution in [3.63, 3.8) is 0 Å². The molecule has 0 bridgehead atoms. The Hall–Kier alpha value is -1.35. The molecule has 0 spiro atoms. The summed E-state index contributed by atoms with van der Waals surface area (Å²) in [6.07, 6.45) is 3.12. The molecule has 1 aromatic carbocycles. The first kappa shape index (κ1) is 11.7. The van der Waals surface area contributed by atoms with Crippen LogP contribution in [0.3, 0.4) is 0 Å². The Balaban J connectivity index is 2.22. The highest BCUT2D eigenvalue weighted by Crippen LogP contribution is 2.35. The lowest BCUT2D eigenvalue weighted by molar-refractivity contribution is 0.435. The van der Waals surface area contributed by atoms with Crippen LogP contribution < -0.4 is 0 Å². The van der Waals surface area contributed by atoms with Gasteiger partial charge < -0.3 is 4.57 Å². The number of fused-ring (bicyclic) bond motifs is 1. The molecule has 2 aromatic rings. The van der Waals surface area contributed by atoms with Gasteiger partial charge in [0.05, 0.1) is 11.3 Å². The Labute approximate surface area is 110 Å². The van der Waals surface area contributed by atoms with Gasteiger partial charge >= 0.3 is 0 Å². The summed E-state index contributed by atoms with van der Waals surface area (Å²) in [6.45, 7) is 2.13. The highest BCUT2D eigenvalue weighted by atomic mass is 35.5. The van der Waals surface area contributed by atoms with Gasteiger partial charge in [-0.25, -0.2) is 9.37 Å². The van der Waals surface area contributed by atoms with Gasteiger partial charge in [-0.05, 0) is 38.3 Å². The molecule has 4 heteroatoms. The maximum absolute atomic E-state index is 13.9. The third kappa shape index (κ3) is 1.74. The molecule has 2 heterocycles. The van der Waals surface area contributed by atoms with Gasteiger partial charge in [0.15, 0.2) is 5.15 Å². The van der Waals surface area contributed by atoms with E-state index in [2.05, 4.69) is 16.5 Å². The zero-order valence-electron chi connectivity index (χ0n) is 10.2. The van der Waals surface area contributed by atoms with Gasteiger partial charge in [0.25, 0.3) is 0 Å². The Bertz CT molecular complexity index is 591. The summed E-state index contributed by atoms with van der Waals surface area (Å²) in [5, 5.41) is 0.514. The van der Waals surface area contributed by atoms with E-state index in [1.807, 2.05) is 6.07 Å². The van der Waals surface area contributed by atoms with Crippen LogP contribution in [-0.2, 0) is 6.42 Å². The summed E-state index contributed by atoms with van der Waals surface area (Å²) in [5.74, 6) is 0.403. The third-order valence-corrected chi connectivity index (χ3v) is 3.85. The summed E-state index contributed by atoms with van der Waals surface area (Å²) in [7, 11) is 0. The predicted octanol–water partition coefficient (Wildman–Crippen LogP) is 4.24. The number of aromatic nitrogens is 2. The highest BCUT2D eigenvalue weighted by molar-refractivity contribution is 6.30. The van der Waals surface area contributed by atoms with Gasteiger partial charge in [-0.15, -0.1) is 0 Å². The van der Waals surface area contributed by atoms with Crippen LogP contribution >= 0.6 is 11.6 Å². The van der Waals surface area contributed by atoms with Crippen LogP contribution in [0.1, 0.15) is 31.5 Å². The van der Waals surface area contributed by atoms with Crippen molar-refractivity contribution < 1.29 is 4.39 Å². The molecule has 0 radical (unpaired) electrons. The lowest BCUT2D eigenvalue weighted by Gasteiger charge is -2.24. The van der Waals surface area contributed by atoms with E-state index >= 15 is 0 Å². The molecule has 3 rings (SSSR count). The van der Waals surface area contributed by atoms with Crippen LogP contribution in [0.15, 0.2) is 24.3 Å². The second-order valence-corrected chi connectivity index (χ2v) is 5.12. The maximum atomic E-state index is 13.9. The molecule has 1 aliphatic rings. The molecule has 1 atom stereocenters. The van der Waals surface area contributed by atoms with Crippen LogP contribution in [0.25, 0.3) is 11.4 Å². The van der Waals surface area contributed by atoms with Gasteiger partial charge in [0.1, 0.15) is 11.6 Å². The zero-order chi connectivity index (χ0) is 12.7. The standard InChI is InChI=1S/C14H14ClFN2/c1-9-5-4-8-12-13(15)17-14(18(9)12)10-6-2-3-7-11(10)16/h2-3,6-7,9H,4-5,8H2,1H3. The molecular weight excluding hydrogens is 251 g/mol. The second kappa shape index (κ2) is 4.39. The van der Waals surface area contributed by atoms with E-state index in [1.54, 1.807) is 12.1 Å². The third-order valence-electron chi connectivity index (χ3n) is 3.55. The van der Waals surface area contributed by atoms with E-state index in [1.165, 1.54) is 6.07 Å². The van der Waals surface area contributed by atoms with Crippen molar-refractivity contribution in [2.45, 2.75) is 32.2 Å². The minimum atomic E-state index is -0.250. The fraction of sp³-hybridized carbons (Fsp3) is 0.357. The Morgan fingerprint density at radius 3 is 2.94 bits per heavy atom. The van der Waals surface area contributed by atoms with Crippen molar-refractivity contribution in [3.05, 3.63) is 40.9 Å². The molecule has 0 saturated heterocycles. The first-order valence-corrected chi connectivity index (χ1v) is 6.58. The first-order chi connectivity index (χ1) is 8.68. The molecule has 0 aliphatic carbocycles. The normalized spacial score (nSPS) is 18.7. The lowest BCUT2D eigenvalue weighted by atomic mass is 10.0. The van der Waals surface area contributed by atoms with Crippen LogP contribution in [0.4, 0.5) is 4.39 Å². The molecule has 94 valence electrons. The summed E-state index contributed by atoms with van der Waals surface area (Å²) in [4.78, 5) is 4.36. The Morgan fingerprint density at radius 2 is 2.17 bits per heavy atom. The van der Waals surface area contributed by atoms with Crippen molar-refractivity contribution in [2.24, 2.45) is 0 Å². The topological polar surface area (TPSA) is 17.8 Å². The first-order valence-electron chi connectivity index (χ1n) is 6.20. The second-order valence-electron chi connectivity index (χ2n) is 4.76. The number of imidazole rings is 1. The lowest BCUT2D eigenvalue weighted by Crippen LogP contribution is -2.16. The fourth-order valence-electron chi connectivity index (χ4n) is 2.66. The minimum Gasteiger partial charge on any atom is -0.324 e. The molecule has 1 aromatic heterocycles. The predicted molar refractivity (Wildman–Crippen MR) is 70.3 cm³/mol. The van der Waals surface area contributed by atoms with Gasteiger partial charge in [-0.2, -0.15) is 0 Å². The molecule has 18 heavy (non-hydrogen) atoms. The smallest absolute Gasteiger partial charge is 0.150 e. The van der Waals surface area contributed by atoms with Gasteiger partial charge in [0, 0.05) is 6.04 Å². The number of hydrogen-bond donors (Lipinski definition) is 0. The number of hydrogen-bond acceptors (Lipinski definition) is 1. The minimum absolute atomic E-state index is 0.250. The SMILES string of the molecule is CC1CCCc2c(Cl)nc(-c3ccccc3F)n21. The number of benzene rings is 1. The van der Waals surface area contributed by atoms with Crippen molar-refractivity contribution in [1.82, 2.24) is 9.55 Å². The summed E-state index contributed by atoms with van der Waals surface area (Å²) in [6, 6.07) is 7.04. The van der Waals surface area contributed by atoms with E-state index < -0.39 is 0 Å². The van der Waals surface area contributed by atoms with Crippen LogP contribution in [0.2, 0.25) is 5.15 Å². The highest BCUT2D eigenvalue weighted by Gasteiger charge is 2.25. The van der Waals surface area contributed by atoms with Crippen LogP contribution in [-0.4, -0.2) is 9.55 Å². The summed E-state index contributed by atoms with van der Waals surface area (Å²) >= 11 is 6.18. The monoisotopic (exact) mass is 264 g/mol. The molecule has 0 N–H and O–H groups in total. The number of rotatable bonds is 1. The van der Waals surface area contributed by atoms with Gasteiger partial charge in [-0.1, -0.05) is 23.7 Å². The van der Waals surface area contributed by atoms with E-state index in [-0.39, 0.29) is 5.82 Å². The molecule has 0 fully saturated rings. The maximum Gasteiger partial charge on any atom is 0.150 e. The van der Waals surface area contributed by atoms with Crippen molar-refractivity contribution in [1.29, 1.82) is 0 Å². The van der Waals surface area contributed by atoms with E-state index in [9.17, 15) is 4.39 Å². The van der Waals surface area contributed by atoms with Crippen LogP contribution in [0.5, 0.6) is 0 Å². The molecule has 1 aliphatic heterocycles. The average Bonchev–Trinajstić information content (AvgIpc) is 2.69. The quantitative estimate of drug-likeness (QED) is 0.753. The van der Waals surface area contributed by atoms with E-state index in [0.717, 1.165) is 25.0 Å². The average molecular weight is 265 g/mol. The van der Waals surface area contributed by atoms with E-state index in [4.69, 9.17) is 11.6 Å². The van der Waals surface area contributed by atoms with Crippen molar-refractivity contribution in [2.75, 3.05) is 0 Å². The van der Waals surface area contributed by atoms with Gasteiger partial charge in [0.2, 0.25) is 0 Å². The fourth-order valence-corrected chi connectivity index (χ4v) is 2.93. The summed E-state index contributed by atoms with van der Waals surface area (Å²) in [5.41, 5.74) is 1.56. The van der Waals surface area contributed by atoms with Crippen LogP contribution in [0, 0.1) is 5.82 Å². The molecule has 0 amide bonds. The summed E-state index contributed by atoms with van der Waals surface area (Å²) < 4.78 is 16.0. The Kier molecular flexibility index (Phi) is 2.86. The Morgan fingerprint density at radius 1 is 1.39 bits per heavy atom. The molecule has 0 saturated carbocycles. The number of halogens is 2. The van der Waals surface area contributed by atoms with Crippen molar-refractivity contribution in [3.8, 4) is 11.4 Å². The zero-order valence-corrected chi connectivity index (χ0v) is 10.9.